The van der Waals surface area contributed by atoms with Crippen LogP contribution in [0.2, 0.25) is 10.0 Å². The summed E-state index contributed by atoms with van der Waals surface area (Å²) in [6.07, 6.45) is 1.70. The molecule has 0 amide bonds. The van der Waals surface area contributed by atoms with Crippen LogP contribution in [0.4, 0.5) is 0 Å². The van der Waals surface area contributed by atoms with E-state index >= 15 is 0 Å². The number of halogens is 3. The molecule has 0 fully saturated rings. The highest BCUT2D eigenvalue weighted by Gasteiger charge is 2.07. The average Bonchev–Trinajstić information content (AvgIpc) is 2.91. The summed E-state index contributed by atoms with van der Waals surface area (Å²) in [7, 11) is 0. The molecule has 0 aliphatic heterocycles. The van der Waals surface area contributed by atoms with Crippen LogP contribution in [0.15, 0.2) is 48.8 Å². The molecule has 6 heteroatoms. The minimum absolute atomic E-state index is 0.538. The predicted molar refractivity (Wildman–Crippen MR) is 93.7 cm³/mol. The predicted octanol–water partition coefficient (Wildman–Crippen LogP) is 4.90. The number of benzene rings is 2. The molecule has 21 heavy (non-hydrogen) atoms. The summed E-state index contributed by atoms with van der Waals surface area (Å²) in [4.78, 5) is 4.35. The van der Waals surface area contributed by atoms with Crippen molar-refractivity contribution in [2.45, 2.75) is 6.54 Å². The maximum absolute atomic E-state index is 6.17. The fourth-order valence-corrected chi connectivity index (χ4v) is 2.88. The lowest BCUT2D eigenvalue weighted by Gasteiger charge is -2.04. The first-order valence-electron chi connectivity index (χ1n) is 6.21. The van der Waals surface area contributed by atoms with E-state index in [-0.39, 0.29) is 0 Å². The van der Waals surface area contributed by atoms with Gasteiger partial charge in [-0.15, -0.1) is 0 Å². The molecule has 2 aromatic carbocycles. The van der Waals surface area contributed by atoms with Crippen LogP contribution >= 0.6 is 45.8 Å². The second kappa shape index (κ2) is 6.34. The summed E-state index contributed by atoms with van der Waals surface area (Å²) < 4.78 is 2.91. The highest BCUT2D eigenvalue weighted by atomic mass is 127. The van der Waals surface area contributed by atoms with Gasteiger partial charge in [-0.2, -0.15) is 5.10 Å². The van der Waals surface area contributed by atoms with E-state index < -0.39 is 0 Å². The maximum Gasteiger partial charge on any atom is 0.181 e. The van der Waals surface area contributed by atoms with Crippen LogP contribution < -0.4 is 0 Å². The Kier molecular flexibility index (Phi) is 4.47. The Balaban J connectivity index is 1.87. The van der Waals surface area contributed by atoms with Crippen LogP contribution in [0.5, 0.6) is 0 Å². The van der Waals surface area contributed by atoms with Crippen molar-refractivity contribution in [3.63, 3.8) is 0 Å². The van der Waals surface area contributed by atoms with Crippen LogP contribution in [-0.4, -0.2) is 14.8 Å². The summed E-state index contributed by atoms with van der Waals surface area (Å²) in [5.41, 5.74) is 1.92. The van der Waals surface area contributed by atoms with Crippen molar-refractivity contribution in [3.8, 4) is 11.4 Å². The molecule has 0 N–H and O–H groups in total. The van der Waals surface area contributed by atoms with Crippen LogP contribution in [0.25, 0.3) is 11.4 Å². The second-order valence-corrected chi connectivity index (χ2v) is 6.60. The Morgan fingerprint density at radius 2 is 1.95 bits per heavy atom. The zero-order valence-corrected chi connectivity index (χ0v) is 14.5. The van der Waals surface area contributed by atoms with E-state index in [0.29, 0.717) is 22.4 Å². The van der Waals surface area contributed by atoms with E-state index in [0.717, 1.165) is 14.7 Å². The standard InChI is InChI=1S/C15H10Cl2IN3/c16-12-4-5-14(17)11(6-12)8-21-9-19-15(20-21)10-2-1-3-13(18)7-10/h1-7,9H,8H2. The summed E-state index contributed by atoms with van der Waals surface area (Å²) >= 11 is 14.4. The minimum atomic E-state index is 0.538. The second-order valence-electron chi connectivity index (χ2n) is 4.51. The van der Waals surface area contributed by atoms with Crippen LogP contribution in [0, 0.1) is 3.57 Å². The molecule has 0 bridgehead atoms. The number of aromatic nitrogens is 3. The van der Waals surface area contributed by atoms with Crippen LogP contribution in [0.3, 0.4) is 0 Å². The van der Waals surface area contributed by atoms with Gasteiger partial charge in [-0.3, -0.25) is 0 Å². The van der Waals surface area contributed by atoms with Gasteiger partial charge in [0.25, 0.3) is 0 Å². The number of nitrogens with zero attached hydrogens (tertiary/aromatic N) is 3. The molecular weight excluding hydrogens is 420 g/mol. The van der Waals surface area contributed by atoms with Gasteiger partial charge in [-0.25, -0.2) is 9.67 Å². The third kappa shape index (κ3) is 3.56. The topological polar surface area (TPSA) is 30.7 Å². The molecule has 1 aromatic heterocycles. The van der Waals surface area contributed by atoms with Gasteiger partial charge >= 0.3 is 0 Å². The van der Waals surface area contributed by atoms with Crippen molar-refractivity contribution in [2.75, 3.05) is 0 Å². The molecule has 1 heterocycles. The Hall–Kier alpha value is -1.11. The van der Waals surface area contributed by atoms with Crippen molar-refractivity contribution < 1.29 is 0 Å². The molecule has 3 nitrogen and oxygen atoms in total. The van der Waals surface area contributed by atoms with Crippen LogP contribution in [-0.2, 0) is 6.54 Å². The average molecular weight is 430 g/mol. The van der Waals surface area contributed by atoms with Gasteiger partial charge in [0.05, 0.1) is 6.54 Å². The summed E-state index contributed by atoms with van der Waals surface area (Å²) in [5, 5.41) is 5.82. The third-order valence-electron chi connectivity index (χ3n) is 2.96. The van der Waals surface area contributed by atoms with Gasteiger partial charge in [0.1, 0.15) is 6.33 Å². The number of hydrogen-bond donors (Lipinski definition) is 0. The third-order valence-corrected chi connectivity index (χ3v) is 4.23. The summed E-state index contributed by atoms with van der Waals surface area (Å²) in [6.45, 7) is 0.538. The van der Waals surface area contributed by atoms with Gasteiger partial charge in [0, 0.05) is 19.2 Å². The Bertz CT molecular complexity index is 786. The van der Waals surface area contributed by atoms with Crippen molar-refractivity contribution >= 4 is 45.8 Å². The van der Waals surface area contributed by atoms with Gasteiger partial charge in [0.2, 0.25) is 0 Å². The Labute approximate surface area is 146 Å². The van der Waals surface area contributed by atoms with E-state index in [1.54, 1.807) is 23.1 Å². The molecular formula is C15H10Cl2IN3. The molecule has 0 radical (unpaired) electrons. The van der Waals surface area contributed by atoms with Crippen molar-refractivity contribution in [1.29, 1.82) is 0 Å². The monoisotopic (exact) mass is 429 g/mol. The SMILES string of the molecule is Clc1ccc(Cl)c(Cn2cnc(-c3cccc(I)c3)n2)c1. The first-order valence-corrected chi connectivity index (χ1v) is 8.04. The smallest absolute Gasteiger partial charge is 0.181 e. The van der Waals surface area contributed by atoms with Gasteiger partial charge in [-0.1, -0.05) is 35.3 Å². The lowest BCUT2D eigenvalue weighted by molar-refractivity contribution is 0.687. The van der Waals surface area contributed by atoms with Gasteiger partial charge < -0.3 is 0 Å². The number of hydrogen-bond acceptors (Lipinski definition) is 2. The van der Waals surface area contributed by atoms with E-state index in [2.05, 4.69) is 32.7 Å². The summed E-state index contributed by atoms with van der Waals surface area (Å²) in [6, 6.07) is 13.5. The van der Waals surface area contributed by atoms with Gasteiger partial charge in [0.15, 0.2) is 5.82 Å². The van der Waals surface area contributed by atoms with Crippen LogP contribution in [0.1, 0.15) is 5.56 Å². The molecule has 0 aliphatic carbocycles. The zero-order chi connectivity index (χ0) is 14.8. The largest absolute Gasteiger partial charge is 0.248 e. The highest BCUT2D eigenvalue weighted by molar-refractivity contribution is 14.1. The molecule has 0 unspecified atom stereocenters. The molecule has 0 atom stereocenters. The van der Waals surface area contributed by atoms with E-state index in [1.807, 2.05) is 30.3 Å². The molecule has 3 rings (SSSR count). The van der Waals surface area contributed by atoms with Crippen molar-refractivity contribution in [2.24, 2.45) is 0 Å². The fraction of sp³-hybridized carbons (Fsp3) is 0.0667. The molecule has 0 aliphatic rings. The molecule has 0 saturated carbocycles. The molecule has 106 valence electrons. The number of rotatable bonds is 3. The van der Waals surface area contributed by atoms with E-state index in [4.69, 9.17) is 23.2 Å². The van der Waals surface area contributed by atoms with Crippen molar-refractivity contribution in [3.05, 3.63) is 68.0 Å². The Morgan fingerprint density at radius 1 is 1.10 bits per heavy atom. The lowest BCUT2D eigenvalue weighted by atomic mass is 10.2. The molecule has 0 saturated heterocycles. The van der Waals surface area contributed by atoms with E-state index in [1.165, 1.54) is 0 Å². The summed E-state index contributed by atoms with van der Waals surface area (Å²) in [5.74, 6) is 0.701. The Morgan fingerprint density at radius 3 is 2.76 bits per heavy atom. The normalized spacial score (nSPS) is 10.8. The van der Waals surface area contributed by atoms with Gasteiger partial charge in [-0.05, 0) is 58.5 Å². The molecule has 0 spiro atoms. The molecule has 3 aromatic rings. The first-order chi connectivity index (χ1) is 10.1. The lowest BCUT2D eigenvalue weighted by Crippen LogP contribution is -2.01. The quantitative estimate of drug-likeness (QED) is 0.554. The first kappa shape index (κ1) is 14.8. The maximum atomic E-state index is 6.17. The van der Waals surface area contributed by atoms with E-state index in [9.17, 15) is 0 Å². The zero-order valence-electron chi connectivity index (χ0n) is 10.8. The van der Waals surface area contributed by atoms with Crippen molar-refractivity contribution in [1.82, 2.24) is 14.8 Å². The highest BCUT2D eigenvalue weighted by Crippen LogP contribution is 2.22. The minimum Gasteiger partial charge on any atom is -0.248 e. The fourth-order valence-electron chi connectivity index (χ4n) is 1.97.